The molecule has 4 nitrogen and oxygen atoms in total. The minimum Gasteiger partial charge on any atom is -0.481 e. The van der Waals surface area contributed by atoms with Gasteiger partial charge in [0.1, 0.15) is 0 Å². The molecule has 0 saturated heterocycles. The maximum Gasteiger partial charge on any atom is 0.313 e. The summed E-state index contributed by atoms with van der Waals surface area (Å²) in [6.07, 6.45) is 1.71. The Morgan fingerprint density at radius 3 is 2.95 bits per heavy atom. The van der Waals surface area contributed by atoms with Crippen LogP contribution >= 0.6 is 39.3 Å². The molecule has 2 aromatic rings. The van der Waals surface area contributed by atoms with Crippen LogP contribution in [-0.4, -0.2) is 26.4 Å². The molecule has 0 unspecified atom stereocenters. The van der Waals surface area contributed by atoms with Gasteiger partial charge in [-0.3, -0.25) is 9.36 Å². The molecule has 0 saturated carbocycles. The summed E-state index contributed by atoms with van der Waals surface area (Å²) in [5.41, 5.74) is 1.78. The van der Waals surface area contributed by atoms with Crippen LogP contribution in [0.4, 0.5) is 0 Å². The summed E-state index contributed by atoms with van der Waals surface area (Å²) >= 11 is 10.6. The fourth-order valence-electron chi connectivity index (χ4n) is 1.58. The van der Waals surface area contributed by atoms with Gasteiger partial charge in [-0.2, -0.15) is 0 Å². The SMILES string of the molecule is Cc1cnc(SCC(=O)O)n1-c1ccc(Br)c(Cl)c1. The highest BCUT2D eigenvalue weighted by atomic mass is 79.9. The highest BCUT2D eigenvalue weighted by Crippen LogP contribution is 2.28. The van der Waals surface area contributed by atoms with Gasteiger partial charge < -0.3 is 5.11 Å². The van der Waals surface area contributed by atoms with E-state index in [4.69, 9.17) is 16.7 Å². The number of aromatic nitrogens is 2. The van der Waals surface area contributed by atoms with Crippen molar-refractivity contribution in [3.63, 3.8) is 0 Å². The van der Waals surface area contributed by atoms with Crippen molar-refractivity contribution in [2.75, 3.05) is 5.75 Å². The van der Waals surface area contributed by atoms with E-state index in [9.17, 15) is 4.79 Å². The van der Waals surface area contributed by atoms with Gasteiger partial charge in [0.2, 0.25) is 0 Å². The van der Waals surface area contributed by atoms with Gasteiger partial charge in [-0.05, 0) is 41.1 Å². The van der Waals surface area contributed by atoms with Crippen LogP contribution in [0.25, 0.3) is 5.69 Å². The van der Waals surface area contributed by atoms with Crippen LogP contribution in [0.1, 0.15) is 5.69 Å². The Hall–Kier alpha value is -0.980. The minimum absolute atomic E-state index is 0.0271. The van der Waals surface area contributed by atoms with Gasteiger partial charge in [0.05, 0.1) is 10.8 Å². The lowest BCUT2D eigenvalue weighted by Gasteiger charge is -2.10. The van der Waals surface area contributed by atoms with Crippen LogP contribution in [0.3, 0.4) is 0 Å². The fraction of sp³-hybridized carbons (Fsp3) is 0.167. The van der Waals surface area contributed by atoms with Gasteiger partial charge in [-0.15, -0.1) is 0 Å². The number of imidazole rings is 1. The van der Waals surface area contributed by atoms with Crippen LogP contribution in [0.2, 0.25) is 5.02 Å². The minimum atomic E-state index is -0.869. The second kappa shape index (κ2) is 5.98. The van der Waals surface area contributed by atoms with Crippen LogP contribution in [0, 0.1) is 6.92 Å². The number of halogens is 2. The first kappa shape index (κ1) is 14.4. The van der Waals surface area contributed by atoms with E-state index in [1.807, 2.05) is 29.7 Å². The van der Waals surface area contributed by atoms with Crippen molar-refractivity contribution in [1.29, 1.82) is 0 Å². The molecule has 0 aliphatic carbocycles. The number of carboxylic acids is 1. The smallest absolute Gasteiger partial charge is 0.313 e. The van der Waals surface area contributed by atoms with E-state index >= 15 is 0 Å². The van der Waals surface area contributed by atoms with E-state index < -0.39 is 5.97 Å². The second-order valence-electron chi connectivity index (χ2n) is 3.80. The van der Waals surface area contributed by atoms with Crippen molar-refractivity contribution in [1.82, 2.24) is 9.55 Å². The highest BCUT2D eigenvalue weighted by molar-refractivity contribution is 9.10. The molecule has 1 aromatic carbocycles. The van der Waals surface area contributed by atoms with E-state index in [2.05, 4.69) is 20.9 Å². The number of hydrogen-bond acceptors (Lipinski definition) is 3. The molecular formula is C12H10BrClN2O2S. The molecule has 0 fully saturated rings. The zero-order valence-corrected chi connectivity index (χ0v) is 13.1. The van der Waals surface area contributed by atoms with Crippen LogP contribution < -0.4 is 0 Å². The number of carboxylic acid groups (broad SMARTS) is 1. The lowest BCUT2D eigenvalue weighted by Crippen LogP contribution is -2.03. The Morgan fingerprint density at radius 2 is 2.32 bits per heavy atom. The van der Waals surface area contributed by atoms with Crippen molar-refractivity contribution >= 4 is 45.3 Å². The monoisotopic (exact) mass is 360 g/mol. The first-order chi connectivity index (χ1) is 8.99. The van der Waals surface area contributed by atoms with Crippen LogP contribution in [0.15, 0.2) is 34.0 Å². The number of aryl methyl sites for hydroxylation is 1. The Kier molecular flexibility index (Phi) is 4.54. The lowest BCUT2D eigenvalue weighted by atomic mass is 10.3. The predicted molar refractivity (Wildman–Crippen MR) is 79.4 cm³/mol. The van der Waals surface area contributed by atoms with E-state index in [0.717, 1.165) is 15.9 Å². The molecule has 100 valence electrons. The van der Waals surface area contributed by atoms with Gasteiger partial charge in [-0.25, -0.2) is 4.98 Å². The van der Waals surface area contributed by atoms with Crippen molar-refractivity contribution in [2.24, 2.45) is 0 Å². The van der Waals surface area contributed by atoms with Gasteiger partial charge in [-0.1, -0.05) is 23.4 Å². The lowest BCUT2D eigenvalue weighted by molar-refractivity contribution is -0.133. The summed E-state index contributed by atoms with van der Waals surface area (Å²) in [5.74, 6) is -0.896. The van der Waals surface area contributed by atoms with E-state index in [1.54, 1.807) is 6.20 Å². The molecular weight excluding hydrogens is 352 g/mol. The maximum absolute atomic E-state index is 10.6. The average Bonchev–Trinajstić information content (AvgIpc) is 2.71. The van der Waals surface area contributed by atoms with Gasteiger partial charge >= 0.3 is 5.97 Å². The third-order valence-electron chi connectivity index (χ3n) is 2.39. The van der Waals surface area contributed by atoms with E-state index in [1.165, 1.54) is 11.8 Å². The number of carbonyl (C=O) groups is 1. The summed E-state index contributed by atoms with van der Waals surface area (Å²) in [5, 5.41) is 9.97. The van der Waals surface area contributed by atoms with Crippen molar-refractivity contribution in [3.8, 4) is 5.69 Å². The Balaban J connectivity index is 2.40. The number of hydrogen-bond donors (Lipinski definition) is 1. The third-order valence-corrected chi connectivity index (χ3v) is 4.56. The molecule has 1 aromatic heterocycles. The molecule has 0 aliphatic rings. The largest absolute Gasteiger partial charge is 0.481 e. The van der Waals surface area contributed by atoms with Crippen molar-refractivity contribution in [2.45, 2.75) is 12.1 Å². The molecule has 0 spiro atoms. The molecule has 19 heavy (non-hydrogen) atoms. The average molecular weight is 362 g/mol. The van der Waals surface area contributed by atoms with Gasteiger partial charge in [0, 0.05) is 22.1 Å². The molecule has 0 amide bonds. The standard InChI is InChI=1S/C12H10BrClN2O2S/c1-7-5-15-12(19-6-11(17)18)16(7)8-2-3-9(13)10(14)4-8/h2-5H,6H2,1H3,(H,17,18). The molecule has 0 aliphatic heterocycles. The van der Waals surface area contributed by atoms with E-state index in [-0.39, 0.29) is 5.75 Å². The zero-order valence-electron chi connectivity index (χ0n) is 9.93. The van der Waals surface area contributed by atoms with Crippen LogP contribution in [-0.2, 0) is 4.79 Å². The highest BCUT2D eigenvalue weighted by Gasteiger charge is 2.12. The van der Waals surface area contributed by atoms with E-state index in [0.29, 0.717) is 10.2 Å². The number of thioether (sulfide) groups is 1. The Labute approximate surface area is 127 Å². The number of benzene rings is 1. The first-order valence-corrected chi connectivity index (χ1v) is 7.49. The summed E-state index contributed by atoms with van der Waals surface area (Å²) in [7, 11) is 0. The number of nitrogens with zero attached hydrogens (tertiary/aromatic N) is 2. The molecule has 0 bridgehead atoms. The summed E-state index contributed by atoms with van der Waals surface area (Å²) in [6.45, 7) is 1.91. The van der Waals surface area contributed by atoms with Crippen molar-refractivity contribution in [3.05, 3.63) is 39.6 Å². The Morgan fingerprint density at radius 1 is 1.58 bits per heavy atom. The number of aliphatic carboxylic acids is 1. The summed E-state index contributed by atoms with van der Waals surface area (Å²) < 4.78 is 2.70. The van der Waals surface area contributed by atoms with Gasteiger partial charge in [0.15, 0.2) is 5.16 Å². The fourth-order valence-corrected chi connectivity index (χ4v) is 2.76. The number of rotatable bonds is 4. The predicted octanol–water partition coefficient (Wildman–Crippen LogP) is 3.77. The molecule has 1 heterocycles. The molecule has 0 atom stereocenters. The molecule has 0 radical (unpaired) electrons. The normalized spacial score (nSPS) is 10.7. The quantitative estimate of drug-likeness (QED) is 0.842. The van der Waals surface area contributed by atoms with Gasteiger partial charge in [0.25, 0.3) is 0 Å². The zero-order chi connectivity index (χ0) is 14.0. The summed E-state index contributed by atoms with van der Waals surface area (Å²) in [6, 6.07) is 5.56. The van der Waals surface area contributed by atoms with Crippen LogP contribution in [0.5, 0.6) is 0 Å². The summed E-state index contributed by atoms with van der Waals surface area (Å²) in [4.78, 5) is 14.9. The Bertz CT molecular complexity index is 630. The second-order valence-corrected chi connectivity index (χ2v) is 6.00. The van der Waals surface area contributed by atoms with Crippen molar-refractivity contribution < 1.29 is 9.90 Å². The molecule has 7 heteroatoms. The maximum atomic E-state index is 10.6. The third kappa shape index (κ3) is 3.32. The molecule has 2 rings (SSSR count). The first-order valence-electron chi connectivity index (χ1n) is 5.33. The molecule has 1 N–H and O–H groups in total. The topological polar surface area (TPSA) is 55.1 Å².